The van der Waals surface area contributed by atoms with E-state index in [1.54, 1.807) is 0 Å². The summed E-state index contributed by atoms with van der Waals surface area (Å²) in [6, 6.07) is 0.567. The minimum absolute atomic E-state index is 0.0600. The molecule has 0 saturated carbocycles. The third-order valence-electron chi connectivity index (χ3n) is 3.19. The largest absolute Gasteiger partial charge is 0.373 e. The van der Waals surface area contributed by atoms with Crippen LogP contribution in [-0.2, 0) is 14.6 Å². The molecule has 4 nitrogen and oxygen atoms in total. The Morgan fingerprint density at radius 1 is 1.20 bits per heavy atom. The molecule has 0 aliphatic carbocycles. The smallest absolute Gasteiger partial charge is 0.152 e. The third kappa shape index (κ3) is 3.16. The summed E-state index contributed by atoms with van der Waals surface area (Å²) in [6.07, 6.45) is 2.98. The van der Waals surface area contributed by atoms with Gasteiger partial charge in [0.25, 0.3) is 0 Å². The Kier molecular flexibility index (Phi) is 3.33. The topological polar surface area (TPSA) is 55.4 Å². The van der Waals surface area contributed by atoms with Crippen molar-refractivity contribution in [3.8, 4) is 0 Å². The van der Waals surface area contributed by atoms with Crippen molar-refractivity contribution in [2.75, 3.05) is 18.1 Å². The van der Waals surface area contributed by atoms with Gasteiger partial charge in [0.05, 0.1) is 23.7 Å². The van der Waals surface area contributed by atoms with E-state index in [4.69, 9.17) is 4.74 Å². The van der Waals surface area contributed by atoms with E-state index in [-0.39, 0.29) is 18.0 Å². The van der Waals surface area contributed by atoms with Crippen molar-refractivity contribution in [1.82, 2.24) is 5.32 Å². The Morgan fingerprint density at radius 2 is 2.00 bits per heavy atom. The maximum atomic E-state index is 11.2. The van der Waals surface area contributed by atoms with Crippen molar-refractivity contribution in [3.63, 3.8) is 0 Å². The van der Waals surface area contributed by atoms with Gasteiger partial charge in [0, 0.05) is 12.6 Å². The molecular weight excluding hydrogens is 214 g/mol. The van der Waals surface area contributed by atoms with Gasteiger partial charge in [-0.2, -0.15) is 0 Å². The SMILES string of the molecule is CC1CCC(OC2CCS(=O)(=O)C2)CN1. The highest BCUT2D eigenvalue weighted by Gasteiger charge is 2.31. The maximum absolute atomic E-state index is 11.2. The number of hydrogen-bond donors (Lipinski definition) is 1. The van der Waals surface area contributed by atoms with Gasteiger partial charge in [-0.25, -0.2) is 8.42 Å². The molecule has 2 saturated heterocycles. The Hall–Kier alpha value is -0.130. The zero-order chi connectivity index (χ0) is 10.9. The van der Waals surface area contributed by atoms with E-state index < -0.39 is 9.84 Å². The lowest BCUT2D eigenvalue weighted by molar-refractivity contribution is -0.0141. The molecule has 15 heavy (non-hydrogen) atoms. The van der Waals surface area contributed by atoms with Gasteiger partial charge in [-0.05, 0) is 26.2 Å². The summed E-state index contributed by atoms with van der Waals surface area (Å²) in [5.41, 5.74) is 0. The average Bonchev–Trinajstić information content (AvgIpc) is 2.50. The van der Waals surface area contributed by atoms with Crippen molar-refractivity contribution >= 4 is 9.84 Å². The van der Waals surface area contributed by atoms with E-state index in [1.165, 1.54) is 0 Å². The van der Waals surface area contributed by atoms with Gasteiger partial charge in [-0.3, -0.25) is 0 Å². The fraction of sp³-hybridized carbons (Fsp3) is 1.00. The van der Waals surface area contributed by atoms with Crippen LogP contribution in [0.1, 0.15) is 26.2 Å². The van der Waals surface area contributed by atoms with Crippen LogP contribution in [0.15, 0.2) is 0 Å². The lowest BCUT2D eigenvalue weighted by Gasteiger charge is -2.29. The van der Waals surface area contributed by atoms with Crippen LogP contribution < -0.4 is 5.32 Å². The van der Waals surface area contributed by atoms with Gasteiger partial charge in [-0.1, -0.05) is 0 Å². The minimum Gasteiger partial charge on any atom is -0.373 e. The highest BCUT2D eigenvalue weighted by molar-refractivity contribution is 7.91. The molecule has 2 heterocycles. The van der Waals surface area contributed by atoms with Crippen LogP contribution in [0.5, 0.6) is 0 Å². The zero-order valence-corrected chi connectivity index (χ0v) is 9.92. The first kappa shape index (κ1) is 11.4. The molecule has 5 heteroatoms. The third-order valence-corrected chi connectivity index (χ3v) is 4.93. The van der Waals surface area contributed by atoms with Crippen LogP contribution in [0.4, 0.5) is 0 Å². The first-order chi connectivity index (χ1) is 7.05. The van der Waals surface area contributed by atoms with Gasteiger partial charge >= 0.3 is 0 Å². The van der Waals surface area contributed by atoms with Crippen LogP contribution in [0, 0.1) is 0 Å². The summed E-state index contributed by atoms with van der Waals surface area (Å²) in [5, 5.41) is 3.35. The fourth-order valence-corrected chi connectivity index (χ4v) is 3.83. The van der Waals surface area contributed by atoms with E-state index in [9.17, 15) is 8.42 Å². The predicted octanol–water partition coefficient (Wildman–Crippen LogP) is 0.331. The number of sulfone groups is 1. The maximum Gasteiger partial charge on any atom is 0.152 e. The predicted molar refractivity (Wildman–Crippen MR) is 58.6 cm³/mol. The summed E-state index contributed by atoms with van der Waals surface area (Å²) in [5.74, 6) is 0.521. The number of hydrogen-bond acceptors (Lipinski definition) is 4. The van der Waals surface area contributed by atoms with Crippen molar-refractivity contribution in [2.45, 2.75) is 44.4 Å². The molecule has 0 bridgehead atoms. The Balaban J connectivity index is 1.78. The van der Waals surface area contributed by atoms with Crippen molar-refractivity contribution in [3.05, 3.63) is 0 Å². The van der Waals surface area contributed by atoms with Gasteiger partial charge in [0.1, 0.15) is 0 Å². The van der Waals surface area contributed by atoms with Gasteiger partial charge < -0.3 is 10.1 Å². The summed E-state index contributed by atoms with van der Waals surface area (Å²) in [6.45, 7) is 3.02. The van der Waals surface area contributed by atoms with Gasteiger partial charge in [0.2, 0.25) is 0 Å². The summed E-state index contributed by atoms with van der Waals surface area (Å²) >= 11 is 0. The highest BCUT2D eigenvalue weighted by Crippen LogP contribution is 2.19. The second kappa shape index (κ2) is 4.39. The summed E-state index contributed by atoms with van der Waals surface area (Å²) in [7, 11) is -2.80. The molecule has 2 fully saturated rings. The van der Waals surface area contributed by atoms with E-state index in [0.717, 1.165) is 19.4 Å². The first-order valence-electron chi connectivity index (χ1n) is 5.64. The Labute approximate surface area is 91.3 Å². The molecule has 0 radical (unpaired) electrons. The van der Waals surface area contributed by atoms with Crippen molar-refractivity contribution in [1.29, 1.82) is 0 Å². The van der Waals surface area contributed by atoms with E-state index in [2.05, 4.69) is 12.2 Å². The molecule has 0 aromatic rings. The van der Waals surface area contributed by atoms with Crippen LogP contribution in [0.25, 0.3) is 0 Å². The second-order valence-corrected chi connectivity index (χ2v) is 6.90. The summed E-state index contributed by atoms with van der Waals surface area (Å²) < 4.78 is 28.3. The van der Waals surface area contributed by atoms with E-state index in [1.807, 2.05) is 0 Å². The molecule has 3 unspecified atom stereocenters. The van der Waals surface area contributed by atoms with Crippen LogP contribution in [0.3, 0.4) is 0 Å². The van der Waals surface area contributed by atoms with Crippen LogP contribution in [-0.4, -0.2) is 44.7 Å². The molecule has 3 atom stereocenters. The Bertz CT molecular complexity index is 307. The van der Waals surface area contributed by atoms with Crippen LogP contribution in [0.2, 0.25) is 0 Å². The number of rotatable bonds is 2. The molecule has 0 amide bonds. The second-order valence-electron chi connectivity index (χ2n) is 4.67. The minimum atomic E-state index is -2.80. The van der Waals surface area contributed by atoms with Crippen molar-refractivity contribution in [2.24, 2.45) is 0 Å². The molecule has 2 rings (SSSR count). The van der Waals surface area contributed by atoms with Crippen molar-refractivity contribution < 1.29 is 13.2 Å². The zero-order valence-electron chi connectivity index (χ0n) is 9.11. The lowest BCUT2D eigenvalue weighted by Crippen LogP contribution is -2.42. The average molecular weight is 233 g/mol. The number of piperidine rings is 1. The van der Waals surface area contributed by atoms with E-state index >= 15 is 0 Å². The molecule has 0 spiro atoms. The molecular formula is C10H19NO3S. The molecule has 2 aliphatic rings. The molecule has 1 N–H and O–H groups in total. The quantitative estimate of drug-likeness (QED) is 0.747. The Morgan fingerprint density at radius 3 is 2.53 bits per heavy atom. The normalized spacial score (nSPS) is 40.5. The molecule has 0 aromatic heterocycles. The fourth-order valence-electron chi connectivity index (χ4n) is 2.23. The van der Waals surface area contributed by atoms with E-state index in [0.29, 0.717) is 18.2 Å². The molecule has 0 aromatic carbocycles. The highest BCUT2D eigenvalue weighted by atomic mass is 32.2. The lowest BCUT2D eigenvalue weighted by atomic mass is 10.0. The molecule has 88 valence electrons. The summed E-state index contributed by atoms with van der Waals surface area (Å²) in [4.78, 5) is 0. The van der Waals surface area contributed by atoms with Gasteiger partial charge in [-0.15, -0.1) is 0 Å². The standard InChI is InChI=1S/C10H19NO3S/c1-8-2-3-9(6-11-8)14-10-4-5-15(12,13)7-10/h8-11H,2-7H2,1H3. The van der Waals surface area contributed by atoms with Crippen LogP contribution >= 0.6 is 0 Å². The monoisotopic (exact) mass is 233 g/mol. The first-order valence-corrected chi connectivity index (χ1v) is 7.46. The number of nitrogens with one attached hydrogen (secondary N) is 1. The molecule has 2 aliphatic heterocycles. The van der Waals surface area contributed by atoms with Gasteiger partial charge in [0.15, 0.2) is 9.84 Å². The number of ether oxygens (including phenoxy) is 1.